The first kappa shape index (κ1) is 18.9. The van der Waals surface area contributed by atoms with Gasteiger partial charge >= 0.3 is 6.09 Å². The lowest BCUT2D eigenvalue weighted by atomic mass is 10.1. The third-order valence-corrected chi connectivity index (χ3v) is 3.63. The van der Waals surface area contributed by atoms with Gasteiger partial charge in [-0.05, 0) is 38.8 Å². The molecule has 0 saturated carbocycles. The average molecular weight is 342 g/mol. The Morgan fingerprint density at radius 3 is 2.52 bits per heavy atom. The topological polar surface area (TPSA) is 62.7 Å². The summed E-state index contributed by atoms with van der Waals surface area (Å²) in [5.74, 6) is 0. The molecule has 5 heteroatoms. The summed E-state index contributed by atoms with van der Waals surface area (Å²) in [5, 5.41) is 10.4. The molecule has 0 unspecified atom stereocenters. The van der Waals surface area contributed by atoms with E-state index in [4.69, 9.17) is 4.74 Å². The van der Waals surface area contributed by atoms with Crippen molar-refractivity contribution in [3.63, 3.8) is 0 Å². The summed E-state index contributed by atoms with van der Waals surface area (Å²) in [5.41, 5.74) is 1.23. The van der Waals surface area contributed by atoms with E-state index in [0.29, 0.717) is 18.5 Å². The van der Waals surface area contributed by atoms with Crippen LogP contribution >= 0.6 is 0 Å². The van der Waals surface area contributed by atoms with Crippen molar-refractivity contribution in [3.05, 3.63) is 66.0 Å². The lowest BCUT2D eigenvalue weighted by molar-refractivity contribution is 0.0146. The van der Waals surface area contributed by atoms with E-state index in [-0.39, 0.29) is 6.54 Å². The maximum Gasteiger partial charge on any atom is 0.410 e. The van der Waals surface area contributed by atoms with E-state index >= 15 is 0 Å². The van der Waals surface area contributed by atoms with Crippen molar-refractivity contribution in [2.24, 2.45) is 0 Å². The molecule has 2 rings (SSSR count). The van der Waals surface area contributed by atoms with Crippen molar-refractivity contribution in [2.45, 2.75) is 38.9 Å². The number of rotatable bonds is 6. The number of carbonyl (C=O) groups excluding carboxylic acids is 1. The number of aliphatic hydroxyl groups excluding tert-OH is 1. The first-order valence-electron chi connectivity index (χ1n) is 8.45. The molecule has 0 saturated heterocycles. The highest BCUT2D eigenvalue weighted by Crippen LogP contribution is 2.16. The molecule has 0 radical (unpaired) electrons. The number of benzene rings is 1. The lowest BCUT2D eigenvalue weighted by Crippen LogP contribution is -2.40. The van der Waals surface area contributed by atoms with Crippen LogP contribution in [0.15, 0.2) is 54.9 Å². The Labute approximate surface area is 149 Å². The lowest BCUT2D eigenvalue weighted by Gasteiger charge is -2.29. The molecule has 134 valence electrons. The van der Waals surface area contributed by atoms with Gasteiger partial charge in [-0.25, -0.2) is 4.79 Å². The molecule has 1 aromatic carbocycles. The maximum absolute atomic E-state index is 12.5. The molecule has 0 aliphatic carbocycles. The van der Waals surface area contributed by atoms with Crippen LogP contribution in [0.5, 0.6) is 0 Å². The Morgan fingerprint density at radius 2 is 1.92 bits per heavy atom. The molecule has 0 bridgehead atoms. The van der Waals surface area contributed by atoms with Crippen LogP contribution in [0.3, 0.4) is 0 Å². The Balaban J connectivity index is 2.06. The van der Waals surface area contributed by atoms with Crippen molar-refractivity contribution in [1.29, 1.82) is 0 Å². The normalized spacial score (nSPS) is 12.5. The first-order valence-corrected chi connectivity index (χ1v) is 8.45. The number of hydrogen-bond acceptors (Lipinski definition) is 4. The second kappa shape index (κ2) is 8.62. The van der Waals surface area contributed by atoms with E-state index in [2.05, 4.69) is 4.98 Å². The smallest absolute Gasteiger partial charge is 0.410 e. The summed E-state index contributed by atoms with van der Waals surface area (Å²) in [6.07, 6.45) is 2.72. The van der Waals surface area contributed by atoms with E-state index in [0.717, 1.165) is 5.56 Å². The predicted molar refractivity (Wildman–Crippen MR) is 97.1 cm³/mol. The number of aliphatic hydroxyl groups is 1. The summed E-state index contributed by atoms with van der Waals surface area (Å²) in [4.78, 5) is 18.1. The van der Waals surface area contributed by atoms with Crippen LogP contribution in [0, 0.1) is 0 Å². The molecule has 0 aliphatic heterocycles. The monoisotopic (exact) mass is 342 g/mol. The molecular weight excluding hydrogens is 316 g/mol. The number of amides is 1. The Hall–Kier alpha value is -2.40. The minimum absolute atomic E-state index is 0.160. The highest BCUT2D eigenvalue weighted by molar-refractivity contribution is 5.68. The van der Waals surface area contributed by atoms with Gasteiger partial charge in [0.25, 0.3) is 0 Å². The molecule has 1 heterocycles. The number of nitrogens with zero attached hydrogens (tertiary/aromatic N) is 2. The highest BCUT2D eigenvalue weighted by Gasteiger charge is 2.24. The van der Waals surface area contributed by atoms with Crippen LogP contribution in [0.1, 0.15) is 38.0 Å². The molecule has 1 atom stereocenters. The number of ether oxygens (including phenoxy) is 1. The Kier molecular flexibility index (Phi) is 6.53. The molecule has 25 heavy (non-hydrogen) atoms. The molecule has 0 aliphatic rings. The van der Waals surface area contributed by atoms with Crippen LogP contribution in [0.4, 0.5) is 4.79 Å². The largest absolute Gasteiger partial charge is 0.444 e. The maximum atomic E-state index is 12.5. The first-order chi connectivity index (χ1) is 11.8. The summed E-state index contributed by atoms with van der Waals surface area (Å²) in [7, 11) is 0. The molecule has 2 aromatic rings. The quantitative estimate of drug-likeness (QED) is 0.871. The second-order valence-electron chi connectivity index (χ2n) is 6.96. The second-order valence-corrected chi connectivity index (χ2v) is 6.96. The van der Waals surface area contributed by atoms with Crippen LogP contribution in [-0.2, 0) is 11.2 Å². The van der Waals surface area contributed by atoms with Crippen molar-refractivity contribution in [2.75, 3.05) is 13.1 Å². The van der Waals surface area contributed by atoms with Crippen molar-refractivity contribution >= 4 is 6.09 Å². The van der Waals surface area contributed by atoms with Gasteiger partial charge in [0.1, 0.15) is 5.60 Å². The van der Waals surface area contributed by atoms with Crippen LogP contribution in [0.25, 0.3) is 0 Å². The fourth-order valence-corrected chi connectivity index (χ4v) is 2.38. The highest BCUT2D eigenvalue weighted by atomic mass is 16.6. The zero-order valence-corrected chi connectivity index (χ0v) is 15.1. The van der Waals surface area contributed by atoms with E-state index < -0.39 is 17.8 Å². The average Bonchev–Trinajstić information content (AvgIpc) is 2.58. The fourth-order valence-electron chi connectivity index (χ4n) is 2.38. The number of carbonyl (C=O) groups is 1. The molecule has 1 aromatic heterocycles. The SMILES string of the molecule is CC(C)(C)OC(=O)N(CCc1ccccc1)C[C@H](O)c1cccnc1. The fraction of sp³-hybridized carbons (Fsp3) is 0.400. The van der Waals surface area contributed by atoms with Gasteiger partial charge in [-0.1, -0.05) is 36.4 Å². The molecule has 1 amide bonds. The minimum Gasteiger partial charge on any atom is -0.444 e. The van der Waals surface area contributed by atoms with Gasteiger partial charge in [-0.2, -0.15) is 0 Å². The van der Waals surface area contributed by atoms with Gasteiger partial charge in [0.2, 0.25) is 0 Å². The van der Waals surface area contributed by atoms with E-state index in [1.54, 1.807) is 29.4 Å². The third-order valence-electron chi connectivity index (χ3n) is 3.63. The molecule has 5 nitrogen and oxygen atoms in total. The Bertz CT molecular complexity index is 654. The standard InChI is InChI=1S/C20H26N2O3/c1-20(2,3)25-19(24)22(13-11-16-8-5-4-6-9-16)15-18(23)17-10-7-12-21-14-17/h4-10,12,14,18,23H,11,13,15H2,1-3H3/t18-/m0/s1. The summed E-state index contributed by atoms with van der Waals surface area (Å²) >= 11 is 0. The molecule has 0 spiro atoms. The molecule has 0 fully saturated rings. The summed E-state index contributed by atoms with van der Waals surface area (Å²) in [6, 6.07) is 13.5. The predicted octanol–water partition coefficient (Wildman–Crippen LogP) is 3.59. The van der Waals surface area contributed by atoms with Crippen LogP contribution < -0.4 is 0 Å². The number of pyridine rings is 1. The van der Waals surface area contributed by atoms with Crippen molar-refractivity contribution in [3.8, 4) is 0 Å². The Morgan fingerprint density at radius 1 is 1.20 bits per heavy atom. The summed E-state index contributed by atoms with van der Waals surface area (Å²) in [6.45, 7) is 6.12. The van der Waals surface area contributed by atoms with E-state index in [1.807, 2.05) is 51.1 Å². The molecule has 1 N–H and O–H groups in total. The van der Waals surface area contributed by atoms with Gasteiger partial charge < -0.3 is 14.7 Å². The van der Waals surface area contributed by atoms with Gasteiger partial charge in [-0.15, -0.1) is 0 Å². The van der Waals surface area contributed by atoms with Crippen molar-refractivity contribution < 1.29 is 14.6 Å². The van der Waals surface area contributed by atoms with Gasteiger partial charge in [-0.3, -0.25) is 4.98 Å². The van der Waals surface area contributed by atoms with Gasteiger partial charge in [0.15, 0.2) is 0 Å². The summed E-state index contributed by atoms with van der Waals surface area (Å²) < 4.78 is 5.49. The zero-order valence-electron chi connectivity index (χ0n) is 15.1. The van der Waals surface area contributed by atoms with Gasteiger partial charge in [0, 0.05) is 24.5 Å². The van der Waals surface area contributed by atoms with Crippen LogP contribution in [0.2, 0.25) is 0 Å². The van der Waals surface area contributed by atoms with Crippen molar-refractivity contribution in [1.82, 2.24) is 9.88 Å². The minimum atomic E-state index is -0.808. The van der Waals surface area contributed by atoms with Crippen LogP contribution in [-0.4, -0.2) is 39.8 Å². The number of aromatic nitrogens is 1. The zero-order chi connectivity index (χ0) is 18.3. The number of hydrogen-bond donors (Lipinski definition) is 1. The third kappa shape index (κ3) is 6.55. The molecular formula is C20H26N2O3. The van der Waals surface area contributed by atoms with Gasteiger partial charge in [0.05, 0.1) is 12.6 Å². The van der Waals surface area contributed by atoms with E-state index in [9.17, 15) is 9.90 Å². The van der Waals surface area contributed by atoms with E-state index in [1.165, 1.54) is 0 Å².